The molecule has 1 unspecified atom stereocenters. The van der Waals surface area contributed by atoms with Crippen LogP contribution in [0.15, 0.2) is 77.3 Å². The van der Waals surface area contributed by atoms with E-state index in [1.54, 1.807) is 0 Å². The second-order valence-electron chi connectivity index (χ2n) is 12.5. The molecule has 1 aliphatic heterocycles. The molecule has 1 saturated heterocycles. The van der Waals surface area contributed by atoms with Crippen LogP contribution in [0.2, 0.25) is 0 Å². The van der Waals surface area contributed by atoms with Crippen LogP contribution in [0.3, 0.4) is 0 Å². The molecular weight excluding hydrogens is 556 g/mol. The van der Waals surface area contributed by atoms with Gasteiger partial charge in [-0.1, -0.05) is 93.5 Å². The van der Waals surface area contributed by atoms with Crippen LogP contribution in [0.25, 0.3) is 11.0 Å². The summed E-state index contributed by atoms with van der Waals surface area (Å²) < 4.78 is 19.8. The third kappa shape index (κ3) is 7.31. The van der Waals surface area contributed by atoms with Gasteiger partial charge in [-0.15, -0.1) is 0 Å². The Morgan fingerprint density at radius 1 is 1.02 bits per heavy atom. The molecule has 4 aromatic rings. The first-order chi connectivity index (χ1) is 20.8. The molecule has 0 aliphatic carbocycles. The van der Waals surface area contributed by atoms with Gasteiger partial charge in [0, 0.05) is 18.5 Å². The van der Waals surface area contributed by atoms with Crippen LogP contribution in [0, 0.1) is 11.3 Å². The van der Waals surface area contributed by atoms with Crippen LogP contribution >= 0.6 is 0 Å². The lowest BCUT2D eigenvalue weighted by atomic mass is 9.83. The summed E-state index contributed by atoms with van der Waals surface area (Å²) in [7, 11) is -1.62. The van der Waals surface area contributed by atoms with E-state index in [9.17, 15) is 9.90 Å². The van der Waals surface area contributed by atoms with Crippen LogP contribution < -0.4 is 15.1 Å². The van der Waals surface area contributed by atoms with Crippen molar-refractivity contribution >= 4 is 36.5 Å². The minimum absolute atomic E-state index is 0.275. The van der Waals surface area contributed by atoms with Crippen molar-refractivity contribution in [1.82, 2.24) is 10.1 Å². The standard InChI is InChI=1S/C35H43N2O5Si/c1-5-24-40-30-19-17-28-29(18-16-25-20-22-37(23-21-25)34(38)39)36-41-32(28)31(30)33(35(2,3)4)42-43(26-12-8-6-9-13-26)27-14-10-7-11-15-27/h6-15,17,19,25,33H,5,16,18,20-24H2,1-4H3,(H,38,39). The molecular formula is C35H43N2O5Si. The zero-order valence-electron chi connectivity index (χ0n) is 25.7. The maximum atomic E-state index is 11.3. The van der Waals surface area contributed by atoms with E-state index in [0.717, 1.165) is 60.1 Å². The van der Waals surface area contributed by atoms with Crippen LogP contribution in [0.1, 0.15) is 70.7 Å². The number of carboxylic acid groups (broad SMARTS) is 1. The van der Waals surface area contributed by atoms with E-state index in [2.05, 4.69) is 93.5 Å². The first kappa shape index (κ1) is 30.8. The molecule has 1 atom stereocenters. The van der Waals surface area contributed by atoms with E-state index < -0.39 is 15.1 Å². The lowest BCUT2D eigenvalue weighted by Gasteiger charge is -2.35. The molecule has 1 N–H and O–H groups in total. The van der Waals surface area contributed by atoms with E-state index in [1.807, 2.05) is 12.1 Å². The molecule has 227 valence electrons. The van der Waals surface area contributed by atoms with Gasteiger partial charge in [0.1, 0.15) is 5.75 Å². The minimum Gasteiger partial charge on any atom is -0.493 e. The maximum absolute atomic E-state index is 11.3. The molecule has 0 saturated carbocycles. The van der Waals surface area contributed by atoms with Crippen LogP contribution in [-0.4, -0.2) is 50.0 Å². The molecule has 0 bridgehead atoms. The molecule has 5 rings (SSSR count). The zero-order valence-corrected chi connectivity index (χ0v) is 26.7. The van der Waals surface area contributed by atoms with Gasteiger partial charge in [0.2, 0.25) is 0 Å². The summed E-state index contributed by atoms with van der Waals surface area (Å²) in [5.41, 5.74) is 2.31. The highest BCUT2D eigenvalue weighted by Gasteiger charge is 2.37. The summed E-state index contributed by atoms with van der Waals surface area (Å²) in [5.74, 6) is 1.25. The number of likely N-dealkylation sites (tertiary alicyclic amines) is 1. The summed E-state index contributed by atoms with van der Waals surface area (Å²) in [6.07, 6.45) is 3.24. The van der Waals surface area contributed by atoms with Crippen molar-refractivity contribution in [2.45, 2.75) is 65.9 Å². The second kappa shape index (κ2) is 13.8. The number of amides is 1. The molecule has 2 heterocycles. The average Bonchev–Trinajstić information content (AvgIpc) is 3.43. The molecule has 3 aromatic carbocycles. The van der Waals surface area contributed by atoms with Gasteiger partial charge < -0.3 is 23.7 Å². The summed E-state index contributed by atoms with van der Waals surface area (Å²) in [4.78, 5) is 12.8. The first-order valence-corrected chi connectivity index (χ1v) is 16.8. The van der Waals surface area contributed by atoms with Crippen molar-refractivity contribution in [3.05, 3.63) is 84.1 Å². The number of fused-ring (bicyclic) bond motifs is 1. The number of hydrogen-bond acceptors (Lipinski definition) is 5. The van der Waals surface area contributed by atoms with Gasteiger partial charge in [-0.25, -0.2) is 4.79 Å². The molecule has 1 aromatic heterocycles. The van der Waals surface area contributed by atoms with Crippen molar-refractivity contribution in [2.75, 3.05) is 19.7 Å². The number of carbonyl (C=O) groups is 1. The number of rotatable bonds is 11. The third-order valence-corrected chi connectivity index (χ3v) is 10.4. The number of aromatic nitrogens is 1. The monoisotopic (exact) mass is 599 g/mol. The van der Waals surface area contributed by atoms with Crippen molar-refractivity contribution in [2.24, 2.45) is 11.3 Å². The first-order valence-electron chi connectivity index (χ1n) is 15.4. The number of aryl methyl sites for hydroxylation is 1. The predicted octanol–water partition coefficient (Wildman–Crippen LogP) is 6.85. The topological polar surface area (TPSA) is 85.0 Å². The fourth-order valence-electron chi connectivity index (χ4n) is 5.85. The summed E-state index contributed by atoms with van der Waals surface area (Å²) in [6, 6.07) is 25.1. The fourth-order valence-corrected chi connectivity index (χ4v) is 8.15. The maximum Gasteiger partial charge on any atom is 0.407 e. The third-order valence-electron chi connectivity index (χ3n) is 8.21. The van der Waals surface area contributed by atoms with Crippen molar-refractivity contribution in [3.63, 3.8) is 0 Å². The highest BCUT2D eigenvalue weighted by molar-refractivity contribution is 6.80. The Morgan fingerprint density at radius 3 is 2.21 bits per heavy atom. The van der Waals surface area contributed by atoms with Gasteiger partial charge in [0.25, 0.3) is 9.04 Å². The fraction of sp³-hybridized carbons (Fsp3) is 0.429. The van der Waals surface area contributed by atoms with E-state index in [4.69, 9.17) is 13.7 Å². The Balaban J connectivity index is 1.50. The zero-order chi connectivity index (χ0) is 30.4. The van der Waals surface area contributed by atoms with Crippen LogP contribution in [0.4, 0.5) is 4.79 Å². The molecule has 1 fully saturated rings. The van der Waals surface area contributed by atoms with Crippen LogP contribution in [0.5, 0.6) is 5.75 Å². The van der Waals surface area contributed by atoms with Gasteiger partial charge in [-0.2, -0.15) is 0 Å². The highest BCUT2D eigenvalue weighted by Crippen LogP contribution is 2.45. The van der Waals surface area contributed by atoms with E-state index >= 15 is 0 Å². The molecule has 43 heavy (non-hydrogen) atoms. The van der Waals surface area contributed by atoms with Gasteiger partial charge in [-0.3, -0.25) is 0 Å². The molecule has 7 nitrogen and oxygen atoms in total. The quantitative estimate of drug-likeness (QED) is 0.190. The van der Waals surface area contributed by atoms with Gasteiger partial charge >= 0.3 is 6.09 Å². The molecule has 1 radical (unpaired) electrons. The summed E-state index contributed by atoms with van der Waals surface area (Å²) >= 11 is 0. The molecule has 1 aliphatic rings. The Labute approximate surface area is 256 Å². The number of ether oxygens (including phenoxy) is 1. The molecule has 8 heteroatoms. The van der Waals surface area contributed by atoms with Crippen LogP contribution in [-0.2, 0) is 10.8 Å². The average molecular weight is 600 g/mol. The SMILES string of the molecule is CCCOc1ccc2c(CCC3CCN(C(=O)O)CC3)noc2c1C(O[Si](c1ccccc1)c1ccccc1)C(C)(C)C. The minimum atomic E-state index is -1.62. The summed E-state index contributed by atoms with van der Waals surface area (Å²) in [5, 5.41) is 17.2. The summed E-state index contributed by atoms with van der Waals surface area (Å²) in [6.45, 7) is 10.5. The number of hydrogen-bond donors (Lipinski definition) is 1. The number of nitrogens with zero attached hydrogens (tertiary/aromatic N) is 2. The second-order valence-corrected chi connectivity index (χ2v) is 14.6. The van der Waals surface area contributed by atoms with Crippen molar-refractivity contribution < 1.29 is 23.6 Å². The lowest BCUT2D eigenvalue weighted by Crippen LogP contribution is -2.47. The Kier molecular flexibility index (Phi) is 9.88. The van der Waals surface area contributed by atoms with Gasteiger partial charge in [0.05, 0.1) is 24.0 Å². The van der Waals surface area contributed by atoms with Gasteiger partial charge in [0.15, 0.2) is 5.58 Å². The number of benzene rings is 3. The van der Waals surface area contributed by atoms with E-state index in [-0.39, 0.29) is 11.5 Å². The Hall–Kier alpha value is -3.62. The Morgan fingerprint density at radius 2 is 1.65 bits per heavy atom. The lowest BCUT2D eigenvalue weighted by molar-refractivity contribution is 0.0863. The molecule has 1 amide bonds. The normalized spacial score (nSPS) is 15.2. The van der Waals surface area contributed by atoms with Crippen molar-refractivity contribution in [3.8, 4) is 5.75 Å². The molecule has 0 spiro atoms. The highest BCUT2D eigenvalue weighted by atomic mass is 28.3. The smallest absolute Gasteiger partial charge is 0.407 e. The largest absolute Gasteiger partial charge is 0.493 e. The van der Waals surface area contributed by atoms with Crippen molar-refractivity contribution in [1.29, 1.82) is 0 Å². The number of piperidine rings is 1. The van der Waals surface area contributed by atoms with E-state index in [1.165, 1.54) is 15.3 Å². The Bertz CT molecular complexity index is 1440. The predicted molar refractivity (Wildman–Crippen MR) is 172 cm³/mol. The van der Waals surface area contributed by atoms with E-state index in [0.29, 0.717) is 25.6 Å². The van der Waals surface area contributed by atoms with Gasteiger partial charge in [-0.05, 0) is 65.9 Å².